The van der Waals surface area contributed by atoms with Gasteiger partial charge in [-0.15, -0.1) is 0 Å². The Morgan fingerprint density at radius 3 is 2.31 bits per heavy atom. The third-order valence-corrected chi connectivity index (χ3v) is 3.44. The van der Waals surface area contributed by atoms with Gasteiger partial charge in [0.2, 0.25) is 0 Å². The number of aliphatic hydroxyl groups excluding tert-OH is 1. The summed E-state index contributed by atoms with van der Waals surface area (Å²) < 4.78 is 0. The van der Waals surface area contributed by atoms with Gasteiger partial charge in [0, 0.05) is 12.1 Å². The first-order valence-corrected chi connectivity index (χ1v) is 5.57. The molecule has 0 saturated heterocycles. The van der Waals surface area contributed by atoms with Crippen LogP contribution in [-0.4, -0.2) is 23.8 Å². The molecule has 1 rings (SSSR count). The van der Waals surface area contributed by atoms with Crippen LogP contribution in [0.5, 0.6) is 0 Å². The van der Waals surface area contributed by atoms with Gasteiger partial charge >= 0.3 is 0 Å². The molecule has 0 unspecified atom stereocenters. The smallest absolute Gasteiger partial charge is 0.0556 e. The van der Waals surface area contributed by atoms with E-state index in [1.165, 1.54) is 32.1 Å². The molecule has 2 heteroatoms. The van der Waals surface area contributed by atoms with Gasteiger partial charge in [-0.3, -0.25) is 0 Å². The normalized spacial score (nSPS) is 22.2. The minimum absolute atomic E-state index is 0.258. The number of β-amino-alcohol motifs (C(OH)–C–C–N with tert-alkyl or cyclic N) is 1. The summed E-state index contributed by atoms with van der Waals surface area (Å²) in [5, 5.41) is 12.4. The molecule has 1 saturated carbocycles. The Morgan fingerprint density at radius 2 is 1.85 bits per heavy atom. The molecule has 0 aromatic carbocycles. The maximum atomic E-state index is 8.83. The second kappa shape index (κ2) is 4.97. The number of rotatable bonds is 4. The van der Waals surface area contributed by atoms with Gasteiger partial charge in [0.05, 0.1) is 6.61 Å². The molecule has 0 atom stereocenters. The summed E-state index contributed by atoms with van der Waals surface area (Å²) in [6, 6.07) is 0. The highest BCUT2D eigenvalue weighted by molar-refractivity contribution is 4.93. The number of aliphatic hydroxyl groups is 1. The molecule has 0 aromatic rings. The average molecular weight is 185 g/mol. The van der Waals surface area contributed by atoms with Crippen molar-refractivity contribution in [2.45, 2.75) is 51.5 Å². The van der Waals surface area contributed by atoms with Gasteiger partial charge in [-0.05, 0) is 18.8 Å². The third kappa shape index (κ3) is 2.68. The molecule has 0 heterocycles. The van der Waals surface area contributed by atoms with Crippen LogP contribution in [-0.2, 0) is 0 Å². The van der Waals surface area contributed by atoms with Crippen molar-refractivity contribution in [2.75, 3.05) is 13.2 Å². The molecule has 1 aliphatic rings. The molecule has 2 nitrogen and oxygen atoms in total. The molecule has 0 aliphatic heterocycles. The molecule has 0 bridgehead atoms. The van der Waals surface area contributed by atoms with Gasteiger partial charge < -0.3 is 10.4 Å². The van der Waals surface area contributed by atoms with Gasteiger partial charge in [0.1, 0.15) is 0 Å². The van der Waals surface area contributed by atoms with Crippen LogP contribution in [0.15, 0.2) is 0 Å². The van der Waals surface area contributed by atoms with Crippen LogP contribution in [0.4, 0.5) is 0 Å². The van der Waals surface area contributed by atoms with Gasteiger partial charge in [0.25, 0.3) is 0 Å². The quantitative estimate of drug-likeness (QED) is 0.701. The average Bonchev–Trinajstić information content (AvgIpc) is 2.16. The number of hydrogen-bond donors (Lipinski definition) is 2. The summed E-state index contributed by atoms with van der Waals surface area (Å²) in [4.78, 5) is 0. The minimum atomic E-state index is 0.258. The lowest BCUT2D eigenvalue weighted by molar-refractivity contribution is 0.152. The molecule has 0 radical (unpaired) electrons. The maximum Gasteiger partial charge on any atom is 0.0556 e. The van der Waals surface area contributed by atoms with E-state index in [1.54, 1.807) is 0 Å². The first-order chi connectivity index (χ1) is 6.21. The van der Waals surface area contributed by atoms with Gasteiger partial charge in [-0.1, -0.05) is 33.1 Å². The molecular weight excluding hydrogens is 162 g/mol. The van der Waals surface area contributed by atoms with Crippen LogP contribution < -0.4 is 5.32 Å². The molecule has 78 valence electrons. The fourth-order valence-electron chi connectivity index (χ4n) is 2.45. The van der Waals surface area contributed by atoms with E-state index in [2.05, 4.69) is 19.2 Å². The molecule has 0 aromatic heterocycles. The lowest BCUT2D eigenvalue weighted by Crippen LogP contribution is -2.51. The molecule has 0 spiro atoms. The fourth-order valence-corrected chi connectivity index (χ4v) is 2.45. The molecular formula is C11H23NO. The Kier molecular flexibility index (Phi) is 4.20. The van der Waals surface area contributed by atoms with E-state index >= 15 is 0 Å². The van der Waals surface area contributed by atoms with Crippen molar-refractivity contribution in [3.05, 3.63) is 0 Å². The van der Waals surface area contributed by atoms with Crippen molar-refractivity contribution in [1.82, 2.24) is 5.32 Å². The predicted molar refractivity (Wildman–Crippen MR) is 55.7 cm³/mol. The van der Waals surface area contributed by atoms with Crippen LogP contribution in [0.3, 0.4) is 0 Å². The standard InChI is InChI=1S/C11H23NO/c1-10(2)11(12-8-9-13)6-4-3-5-7-11/h10,12-13H,3-9H2,1-2H3. The van der Waals surface area contributed by atoms with Crippen molar-refractivity contribution >= 4 is 0 Å². The Labute approximate surface area is 81.7 Å². The summed E-state index contributed by atoms with van der Waals surface area (Å²) in [6.45, 7) is 5.58. The maximum absolute atomic E-state index is 8.83. The van der Waals surface area contributed by atoms with Crippen LogP contribution in [0.25, 0.3) is 0 Å². The van der Waals surface area contributed by atoms with E-state index in [1.807, 2.05) is 0 Å². The Hall–Kier alpha value is -0.0800. The zero-order valence-electron chi connectivity index (χ0n) is 8.97. The lowest BCUT2D eigenvalue weighted by Gasteiger charge is -2.42. The summed E-state index contributed by atoms with van der Waals surface area (Å²) in [7, 11) is 0. The summed E-state index contributed by atoms with van der Waals surface area (Å²) in [5.74, 6) is 0.680. The highest BCUT2D eigenvalue weighted by Crippen LogP contribution is 2.33. The Morgan fingerprint density at radius 1 is 1.23 bits per heavy atom. The van der Waals surface area contributed by atoms with Crippen molar-refractivity contribution in [2.24, 2.45) is 5.92 Å². The fraction of sp³-hybridized carbons (Fsp3) is 1.00. The van der Waals surface area contributed by atoms with E-state index < -0.39 is 0 Å². The second-order valence-corrected chi connectivity index (χ2v) is 4.52. The van der Waals surface area contributed by atoms with Crippen molar-refractivity contribution < 1.29 is 5.11 Å². The van der Waals surface area contributed by atoms with E-state index in [4.69, 9.17) is 5.11 Å². The first-order valence-electron chi connectivity index (χ1n) is 5.57. The molecule has 2 N–H and O–H groups in total. The molecule has 1 aliphatic carbocycles. The Bertz CT molecular complexity index is 139. The Balaban J connectivity index is 2.51. The monoisotopic (exact) mass is 185 g/mol. The van der Waals surface area contributed by atoms with Crippen LogP contribution in [0.1, 0.15) is 46.0 Å². The summed E-state index contributed by atoms with van der Waals surface area (Å²) in [6.07, 6.45) is 6.64. The van der Waals surface area contributed by atoms with Crippen LogP contribution >= 0.6 is 0 Å². The van der Waals surface area contributed by atoms with Crippen molar-refractivity contribution in [3.8, 4) is 0 Å². The second-order valence-electron chi connectivity index (χ2n) is 4.52. The predicted octanol–water partition coefficient (Wildman–Crippen LogP) is 1.93. The van der Waals surface area contributed by atoms with E-state index in [-0.39, 0.29) is 6.61 Å². The number of nitrogens with one attached hydrogen (secondary N) is 1. The van der Waals surface area contributed by atoms with Crippen molar-refractivity contribution in [3.63, 3.8) is 0 Å². The topological polar surface area (TPSA) is 32.3 Å². The highest BCUT2D eigenvalue weighted by atomic mass is 16.3. The van der Waals surface area contributed by atoms with Crippen molar-refractivity contribution in [1.29, 1.82) is 0 Å². The zero-order valence-corrected chi connectivity index (χ0v) is 8.97. The summed E-state index contributed by atoms with van der Waals surface area (Å²) >= 11 is 0. The molecule has 0 amide bonds. The van der Waals surface area contributed by atoms with E-state index in [9.17, 15) is 0 Å². The largest absolute Gasteiger partial charge is 0.395 e. The summed E-state index contributed by atoms with van der Waals surface area (Å²) in [5.41, 5.74) is 0.320. The van der Waals surface area contributed by atoms with E-state index in [0.29, 0.717) is 11.5 Å². The molecule has 13 heavy (non-hydrogen) atoms. The van der Waals surface area contributed by atoms with Gasteiger partial charge in [-0.2, -0.15) is 0 Å². The van der Waals surface area contributed by atoms with Gasteiger partial charge in [0.15, 0.2) is 0 Å². The lowest BCUT2D eigenvalue weighted by atomic mass is 9.74. The first kappa shape index (κ1) is 11.0. The van der Waals surface area contributed by atoms with Crippen LogP contribution in [0, 0.1) is 5.92 Å². The molecule has 1 fully saturated rings. The SMILES string of the molecule is CC(C)C1(NCCO)CCCCC1. The third-order valence-electron chi connectivity index (χ3n) is 3.44. The van der Waals surface area contributed by atoms with Gasteiger partial charge in [-0.25, -0.2) is 0 Å². The highest BCUT2D eigenvalue weighted by Gasteiger charge is 2.33. The van der Waals surface area contributed by atoms with E-state index in [0.717, 1.165) is 6.54 Å². The number of hydrogen-bond acceptors (Lipinski definition) is 2. The van der Waals surface area contributed by atoms with Crippen LogP contribution in [0.2, 0.25) is 0 Å². The minimum Gasteiger partial charge on any atom is -0.395 e. The zero-order chi connectivity index (χ0) is 9.73.